The Bertz CT molecular complexity index is 717. The summed E-state index contributed by atoms with van der Waals surface area (Å²) in [4.78, 5) is 23.6. The molecule has 0 bridgehead atoms. The Morgan fingerprint density at radius 1 is 1.38 bits per heavy atom. The Morgan fingerprint density at radius 3 is 2.88 bits per heavy atom. The summed E-state index contributed by atoms with van der Waals surface area (Å²) in [7, 11) is 0. The number of hydrogen-bond acceptors (Lipinski definition) is 4. The number of aromatic nitrogens is 2. The van der Waals surface area contributed by atoms with Crippen molar-refractivity contribution in [3.8, 4) is 5.75 Å². The lowest BCUT2D eigenvalue weighted by atomic mass is 10.2. The molecule has 24 heavy (non-hydrogen) atoms. The van der Waals surface area contributed by atoms with Crippen LogP contribution in [0.15, 0.2) is 30.3 Å². The van der Waals surface area contributed by atoms with Crippen LogP contribution in [0, 0.1) is 5.82 Å². The monoisotopic (exact) mass is 334 g/mol. The summed E-state index contributed by atoms with van der Waals surface area (Å²) in [6.07, 6.45) is 0. The highest BCUT2D eigenvalue weighted by atomic mass is 19.1. The number of ether oxygens (including phenoxy) is 1. The number of carbonyl (C=O) groups excluding carboxylic acids is 2. The van der Waals surface area contributed by atoms with Crippen LogP contribution >= 0.6 is 0 Å². The average molecular weight is 334 g/mol. The van der Waals surface area contributed by atoms with Crippen molar-refractivity contribution in [2.24, 2.45) is 0 Å². The molecule has 1 aromatic carbocycles. The first-order valence-corrected chi connectivity index (χ1v) is 7.50. The van der Waals surface area contributed by atoms with Gasteiger partial charge in [0.15, 0.2) is 0 Å². The fraction of sp³-hybridized carbons (Fsp3) is 0.312. The van der Waals surface area contributed by atoms with Crippen molar-refractivity contribution in [1.29, 1.82) is 0 Å². The van der Waals surface area contributed by atoms with Crippen LogP contribution in [-0.4, -0.2) is 34.6 Å². The van der Waals surface area contributed by atoms with Crippen molar-refractivity contribution in [1.82, 2.24) is 20.8 Å². The van der Waals surface area contributed by atoms with E-state index in [1.807, 2.05) is 0 Å². The normalized spacial score (nSPS) is 11.6. The van der Waals surface area contributed by atoms with Gasteiger partial charge in [0.05, 0.1) is 5.69 Å². The molecule has 0 spiro atoms. The molecule has 0 radical (unpaired) electrons. The van der Waals surface area contributed by atoms with Crippen molar-refractivity contribution in [2.45, 2.75) is 26.5 Å². The fourth-order valence-corrected chi connectivity index (χ4v) is 1.93. The standard InChI is InChI=1S/C16H19FN4O3/c1-3-18-15(22)10(2)19-16(23)14-8-12(20-21-14)9-24-13-6-4-5-11(17)7-13/h4-8,10H,3,9H2,1-2H3,(H,18,22)(H,19,23)(H,20,21)/t10-/m0/s1. The molecule has 7 nitrogen and oxygen atoms in total. The van der Waals surface area contributed by atoms with Gasteiger partial charge in [-0.25, -0.2) is 4.39 Å². The molecule has 0 aliphatic heterocycles. The second-order valence-corrected chi connectivity index (χ2v) is 5.11. The second-order valence-electron chi connectivity index (χ2n) is 5.11. The molecular formula is C16H19FN4O3. The van der Waals surface area contributed by atoms with E-state index in [4.69, 9.17) is 4.74 Å². The number of benzene rings is 1. The molecule has 0 aliphatic rings. The van der Waals surface area contributed by atoms with E-state index in [2.05, 4.69) is 20.8 Å². The maximum atomic E-state index is 13.1. The van der Waals surface area contributed by atoms with Crippen molar-refractivity contribution >= 4 is 11.8 Å². The highest BCUT2D eigenvalue weighted by Gasteiger charge is 2.18. The van der Waals surface area contributed by atoms with E-state index in [-0.39, 0.29) is 18.2 Å². The number of halogens is 1. The van der Waals surface area contributed by atoms with E-state index in [1.165, 1.54) is 18.2 Å². The van der Waals surface area contributed by atoms with E-state index in [1.54, 1.807) is 26.0 Å². The van der Waals surface area contributed by atoms with E-state index in [9.17, 15) is 14.0 Å². The molecule has 0 saturated heterocycles. The minimum Gasteiger partial charge on any atom is -0.487 e. The zero-order valence-electron chi connectivity index (χ0n) is 13.4. The maximum absolute atomic E-state index is 13.1. The van der Waals surface area contributed by atoms with Gasteiger partial charge >= 0.3 is 0 Å². The Hall–Kier alpha value is -2.90. The predicted molar refractivity (Wildman–Crippen MR) is 84.9 cm³/mol. The van der Waals surface area contributed by atoms with Crippen LogP contribution in [0.3, 0.4) is 0 Å². The van der Waals surface area contributed by atoms with Crippen LogP contribution in [0.4, 0.5) is 4.39 Å². The molecule has 1 heterocycles. The Balaban J connectivity index is 1.90. The quantitative estimate of drug-likeness (QED) is 0.713. The van der Waals surface area contributed by atoms with E-state index in [0.717, 1.165) is 0 Å². The number of nitrogens with one attached hydrogen (secondary N) is 3. The average Bonchev–Trinajstić information content (AvgIpc) is 3.02. The molecule has 0 unspecified atom stereocenters. The SMILES string of the molecule is CCNC(=O)[C@H](C)NC(=O)c1cc(COc2cccc(F)c2)[nH]n1. The summed E-state index contributed by atoms with van der Waals surface area (Å²) in [5, 5.41) is 11.7. The van der Waals surface area contributed by atoms with Gasteiger partial charge < -0.3 is 15.4 Å². The van der Waals surface area contributed by atoms with Crippen LogP contribution in [-0.2, 0) is 11.4 Å². The van der Waals surface area contributed by atoms with Crippen LogP contribution in [0.25, 0.3) is 0 Å². The van der Waals surface area contributed by atoms with Crippen LogP contribution < -0.4 is 15.4 Å². The summed E-state index contributed by atoms with van der Waals surface area (Å²) >= 11 is 0. The summed E-state index contributed by atoms with van der Waals surface area (Å²) in [6, 6.07) is 6.60. The number of rotatable bonds is 7. The molecule has 2 rings (SSSR count). The lowest BCUT2D eigenvalue weighted by molar-refractivity contribution is -0.122. The number of H-pyrrole nitrogens is 1. The summed E-state index contributed by atoms with van der Waals surface area (Å²) in [6.45, 7) is 3.98. The largest absolute Gasteiger partial charge is 0.487 e. The first-order valence-electron chi connectivity index (χ1n) is 7.50. The van der Waals surface area contributed by atoms with E-state index < -0.39 is 17.8 Å². The predicted octanol–water partition coefficient (Wildman–Crippen LogP) is 1.38. The Kier molecular flexibility index (Phi) is 5.89. The minimum atomic E-state index is -0.666. The number of likely N-dealkylation sites (N-methyl/N-ethyl adjacent to an activating group) is 1. The Labute approximate surface area is 138 Å². The van der Waals surface area contributed by atoms with E-state index >= 15 is 0 Å². The molecule has 3 N–H and O–H groups in total. The molecule has 0 saturated carbocycles. The fourth-order valence-electron chi connectivity index (χ4n) is 1.93. The second kappa shape index (κ2) is 8.09. The zero-order valence-corrected chi connectivity index (χ0v) is 13.4. The minimum absolute atomic E-state index is 0.107. The molecule has 8 heteroatoms. The van der Waals surface area contributed by atoms with Gasteiger partial charge in [-0.3, -0.25) is 14.7 Å². The summed E-state index contributed by atoms with van der Waals surface area (Å²) in [5.41, 5.74) is 0.694. The number of hydrogen-bond donors (Lipinski definition) is 3. The first kappa shape index (κ1) is 17.5. The van der Waals surface area contributed by atoms with Crippen molar-refractivity contribution in [3.63, 3.8) is 0 Å². The lowest BCUT2D eigenvalue weighted by Crippen LogP contribution is -2.44. The van der Waals surface area contributed by atoms with Crippen molar-refractivity contribution in [3.05, 3.63) is 47.5 Å². The van der Waals surface area contributed by atoms with Gasteiger partial charge in [-0.05, 0) is 32.0 Å². The van der Waals surface area contributed by atoms with Gasteiger partial charge in [-0.2, -0.15) is 5.10 Å². The van der Waals surface area contributed by atoms with Crippen LogP contribution in [0.2, 0.25) is 0 Å². The number of aromatic amines is 1. The van der Waals surface area contributed by atoms with Gasteiger partial charge in [0.25, 0.3) is 5.91 Å². The third-order valence-electron chi connectivity index (χ3n) is 3.15. The molecule has 0 fully saturated rings. The number of amides is 2. The maximum Gasteiger partial charge on any atom is 0.272 e. The van der Waals surface area contributed by atoms with Crippen molar-refractivity contribution in [2.75, 3.05) is 6.54 Å². The van der Waals surface area contributed by atoms with Gasteiger partial charge in [0.1, 0.15) is 29.9 Å². The molecular weight excluding hydrogens is 315 g/mol. The zero-order chi connectivity index (χ0) is 17.5. The third kappa shape index (κ3) is 4.80. The third-order valence-corrected chi connectivity index (χ3v) is 3.15. The smallest absolute Gasteiger partial charge is 0.272 e. The van der Waals surface area contributed by atoms with Gasteiger partial charge in [-0.15, -0.1) is 0 Å². The highest BCUT2D eigenvalue weighted by Crippen LogP contribution is 2.13. The van der Waals surface area contributed by atoms with Gasteiger partial charge in [0.2, 0.25) is 5.91 Å². The molecule has 2 aromatic rings. The molecule has 1 aromatic heterocycles. The van der Waals surface area contributed by atoms with E-state index in [0.29, 0.717) is 18.0 Å². The number of nitrogens with zero attached hydrogens (tertiary/aromatic N) is 1. The summed E-state index contributed by atoms with van der Waals surface area (Å²) < 4.78 is 18.5. The number of carbonyl (C=O) groups is 2. The van der Waals surface area contributed by atoms with Crippen LogP contribution in [0.5, 0.6) is 5.75 Å². The molecule has 2 amide bonds. The van der Waals surface area contributed by atoms with Crippen LogP contribution in [0.1, 0.15) is 30.0 Å². The lowest BCUT2D eigenvalue weighted by Gasteiger charge is -2.11. The summed E-state index contributed by atoms with van der Waals surface area (Å²) in [5.74, 6) is -0.755. The topological polar surface area (TPSA) is 96.1 Å². The van der Waals surface area contributed by atoms with Gasteiger partial charge in [0, 0.05) is 12.6 Å². The molecule has 0 aliphatic carbocycles. The van der Waals surface area contributed by atoms with Gasteiger partial charge in [-0.1, -0.05) is 6.07 Å². The molecule has 128 valence electrons. The molecule has 1 atom stereocenters. The highest BCUT2D eigenvalue weighted by molar-refractivity contribution is 5.95. The Morgan fingerprint density at radius 2 is 2.17 bits per heavy atom. The first-order chi connectivity index (χ1) is 11.5. The van der Waals surface area contributed by atoms with Crippen molar-refractivity contribution < 1.29 is 18.7 Å².